The number of hydrogen-bond acceptors (Lipinski definition) is 5. The van der Waals surface area contributed by atoms with Crippen molar-refractivity contribution >= 4 is 29.3 Å². The molecular weight excluding hydrogens is 232 g/mol. The standard InChI is InChI=1S/C9H11ClN4O2/c10-6-2-7(11)13-9(12-6)14-3-5(4-15)1-8(14)16/h2,5,15H,1,3-4H2,(H2,11,12,13). The fraction of sp³-hybridized carbons (Fsp3) is 0.444. The van der Waals surface area contributed by atoms with Gasteiger partial charge in [0, 0.05) is 31.6 Å². The van der Waals surface area contributed by atoms with Gasteiger partial charge in [-0.2, -0.15) is 4.98 Å². The van der Waals surface area contributed by atoms with Gasteiger partial charge in [0.15, 0.2) is 0 Å². The van der Waals surface area contributed by atoms with E-state index in [0.29, 0.717) is 13.0 Å². The Morgan fingerprint density at radius 1 is 1.62 bits per heavy atom. The van der Waals surface area contributed by atoms with Crippen molar-refractivity contribution in [1.82, 2.24) is 9.97 Å². The van der Waals surface area contributed by atoms with Gasteiger partial charge in [-0.15, -0.1) is 0 Å². The van der Waals surface area contributed by atoms with Crippen LogP contribution in [0.2, 0.25) is 5.15 Å². The van der Waals surface area contributed by atoms with Gasteiger partial charge < -0.3 is 10.8 Å². The first-order chi connectivity index (χ1) is 7.60. The van der Waals surface area contributed by atoms with Gasteiger partial charge in [-0.1, -0.05) is 11.6 Å². The Balaban J connectivity index is 2.27. The summed E-state index contributed by atoms with van der Waals surface area (Å²) in [7, 11) is 0. The van der Waals surface area contributed by atoms with Crippen molar-refractivity contribution in [2.45, 2.75) is 6.42 Å². The Hall–Kier alpha value is -1.40. The molecule has 7 heteroatoms. The molecule has 1 saturated heterocycles. The Morgan fingerprint density at radius 3 is 2.94 bits per heavy atom. The molecule has 16 heavy (non-hydrogen) atoms. The molecule has 1 amide bonds. The molecule has 6 nitrogen and oxygen atoms in total. The largest absolute Gasteiger partial charge is 0.396 e. The lowest BCUT2D eigenvalue weighted by Gasteiger charge is -2.14. The molecule has 3 N–H and O–H groups in total. The highest BCUT2D eigenvalue weighted by Gasteiger charge is 2.31. The molecule has 0 bridgehead atoms. The summed E-state index contributed by atoms with van der Waals surface area (Å²) < 4.78 is 0. The number of anilines is 2. The Bertz CT molecular complexity index is 406. The van der Waals surface area contributed by atoms with E-state index in [1.165, 1.54) is 11.0 Å². The summed E-state index contributed by atoms with van der Waals surface area (Å²) >= 11 is 5.73. The quantitative estimate of drug-likeness (QED) is 0.716. The minimum Gasteiger partial charge on any atom is -0.396 e. The van der Waals surface area contributed by atoms with Crippen LogP contribution in [-0.2, 0) is 4.79 Å². The first-order valence-corrected chi connectivity index (χ1v) is 5.19. The van der Waals surface area contributed by atoms with Crippen molar-refractivity contribution in [3.05, 3.63) is 11.2 Å². The predicted octanol–water partition coefficient (Wildman–Crippen LogP) is 0.0574. The molecular formula is C9H11ClN4O2. The number of carbonyl (C=O) groups excluding carboxylic acids is 1. The number of aliphatic hydroxyl groups excluding tert-OH is 1. The molecule has 1 aromatic rings. The number of nitrogens with two attached hydrogens (primary N) is 1. The number of aliphatic hydroxyl groups is 1. The Labute approximate surface area is 97.0 Å². The van der Waals surface area contributed by atoms with Crippen LogP contribution in [-0.4, -0.2) is 34.1 Å². The van der Waals surface area contributed by atoms with E-state index in [1.54, 1.807) is 0 Å². The van der Waals surface area contributed by atoms with Crippen molar-refractivity contribution in [2.24, 2.45) is 5.92 Å². The van der Waals surface area contributed by atoms with Crippen molar-refractivity contribution in [2.75, 3.05) is 23.8 Å². The number of amides is 1. The van der Waals surface area contributed by atoms with Crippen LogP contribution in [0.15, 0.2) is 6.07 Å². The minimum atomic E-state index is -0.124. The highest BCUT2D eigenvalue weighted by atomic mass is 35.5. The van der Waals surface area contributed by atoms with E-state index in [4.69, 9.17) is 22.4 Å². The molecule has 0 radical (unpaired) electrons. The number of hydrogen-bond donors (Lipinski definition) is 2. The smallest absolute Gasteiger partial charge is 0.235 e. The van der Waals surface area contributed by atoms with E-state index in [9.17, 15) is 4.79 Å². The van der Waals surface area contributed by atoms with E-state index < -0.39 is 0 Å². The number of rotatable bonds is 2. The third-order valence-corrected chi connectivity index (χ3v) is 2.60. The van der Waals surface area contributed by atoms with E-state index in [0.717, 1.165) is 0 Å². The van der Waals surface area contributed by atoms with Crippen LogP contribution in [0.3, 0.4) is 0 Å². The maximum atomic E-state index is 11.6. The molecule has 2 heterocycles. The van der Waals surface area contributed by atoms with E-state index in [2.05, 4.69) is 9.97 Å². The summed E-state index contributed by atoms with van der Waals surface area (Å²) in [5.74, 6) is 0.221. The molecule has 0 aliphatic carbocycles. The van der Waals surface area contributed by atoms with Crippen molar-refractivity contribution < 1.29 is 9.90 Å². The van der Waals surface area contributed by atoms with Crippen LogP contribution in [0.1, 0.15) is 6.42 Å². The zero-order chi connectivity index (χ0) is 11.7. The number of carbonyl (C=O) groups is 1. The fourth-order valence-corrected chi connectivity index (χ4v) is 1.83. The minimum absolute atomic E-state index is 0.0295. The van der Waals surface area contributed by atoms with Crippen LogP contribution >= 0.6 is 11.6 Å². The van der Waals surface area contributed by atoms with Crippen LogP contribution in [0, 0.1) is 5.92 Å². The molecule has 86 valence electrons. The van der Waals surface area contributed by atoms with Gasteiger partial charge in [-0.3, -0.25) is 9.69 Å². The predicted molar refractivity (Wildman–Crippen MR) is 59.0 cm³/mol. The van der Waals surface area contributed by atoms with Crippen LogP contribution < -0.4 is 10.6 Å². The summed E-state index contributed by atoms with van der Waals surface area (Å²) in [6, 6.07) is 1.41. The second kappa shape index (κ2) is 4.23. The first kappa shape index (κ1) is 11.1. The molecule has 1 aliphatic rings. The molecule has 1 unspecified atom stereocenters. The van der Waals surface area contributed by atoms with Gasteiger partial charge in [0.2, 0.25) is 11.9 Å². The first-order valence-electron chi connectivity index (χ1n) is 4.81. The average Bonchev–Trinajstić information content (AvgIpc) is 2.58. The molecule has 1 aliphatic heterocycles. The van der Waals surface area contributed by atoms with Crippen molar-refractivity contribution in [3.8, 4) is 0 Å². The number of nitrogens with zero attached hydrogens (tertiary/aromatic N) is 3. The second-order valence-corrected chi connectivity index (χ2v) is 4.06. The number of nitrogen functional groups attached to an aromatic ring is 1. The monoisotopic (exact) mass is 242 g/mol. The lowest BCUT2D eigenvalue weighted by atomic mass is 10.1. The molecule has 1 atom stereocenters. The fourth-order valence-electron chi connectivity index (χ4n) is 1.64. The topological polar surface area (TPSA) is 92.3 Å². The van der Waals surface area contributed by atoms with E-state index in [1.807, 2.05) is 0 Å². The summed E-state index contributed by atoms with van der Waals surface area (Å²) in [5.41, 5.74) is 5.52. The van der Waals surface area contributed by atoms with Gasteiger partial charge in [-0.05, 0) is 0 Å². The maximum absolute atomic E-state index is 11.6. The van der Waals surface area contributed by atoms with E-state index >= 15 is 0 Å². The molecule has 0 aromatic carbocycles. The average molecular weight is 243 g/mol. The zero-order valence-electron chi connectivity index (χ0n) is 8.43. The summed E-state index contributed by atoms with van der Waals surface area (Å²) in [6.07, 6.45) is 0.298. The molecule has 1 fully saturated rings. The molecule has 0 saturated carbocycles. The van der Waals surface area contributed by atoms with E-state index in [-0.39, 0.29) is 35.4 Å². The normalized spacial score (nSPS) is 20.5. The number of aromatic nitrogens is 2. The lowest BCUT2D eigenvalue weighted by Crippen LogP contribution is -2.27. The maximum Gasteiger partial charge on any atom is 0.235 e. The van der Waals surface area contributed by atoms with Crippen LogP contribution in [0.4, 0.5) is 11.8 Å². The Morgan fingerprint density at radius 2 is 2.38 bits per heavy atom. The third-order valence-electron chi connectivity index (χ3n) is 2.41. The highest BCUT2D eigenvalue weighted by Crippen LogP contribution is 2.23. The highest BCUT2D eigenvalue weighted by molar-refractivity contribution is 6.29. The SMILES string of the molecule is Nc1cc(Cl)nc(N2CC(CO)CC2=O)n1. The number of halogens is 1. The van der Waals surface area contributed by atoms with Crippen molar-refractivity contribution in [1.29, 1.82) is 0 Å². The molecule has 0 spiro atoms. The second-order valence-electron chi connectivity index (χ2n) is 3.67. The zero-order valence-corrected chi connectivity index (χ0v) is 9.18. The van der Waals surface area contributed by atoms with Gasteiger partial charge in [0.05, 0.1) is 0 Å². The summed E-state index contributed by atoms with van der Waals surface area (Å²) in [4.78, 5) is 20.9. The lowest BCUT2D eigenvalue weighted by molar-refractivity contribution is -0.117. The summed E-state index contributed by atoms with van der Waals surface area (Å²) in [6.45, 7) is 0.368. The van der Waals surface area contributed by atoms with Gasteiger partial charge in [0.25, 0.3) is 0 Å². The molecule has 1 aromatic heterocycles. The van der Waals surface area contributed by atoms with Gasteiger partial charge in [-0.25, -0.2) is 4.98 Å². The molecule has 2 rings (SSSR count). The van der Waals surface area contributed by atoms with Gasteiger partial charge >= 0.3 is 0 Å². The Kier molecular flexibility index (Phi) is 2.93. The third kappa shape index (κ3) is 2.07. The van der Waals surface area contributed by atoms with Gasteiger partial charge in [0.1, 0.15) is 11.0 Å². The van der Waals surface area contributed by atoms with Crippen molar-refractivity contribution in [3.63, 3.8) is 0 Å². The summed E-state index contributed by atoms with van der Waals surface area (Å²) in [5, 5.41) is 9.18. The van der Waals surface area contributed by atoms with Crippen LogP contribution in [0.5, 0.6) is 0 Å². The van der Waals surface area contributed by atoms with Crippen LogP contribution in [0.25, 0.3) is 0 Å².